The lowest BCUT2D eigenvalue weighted by Crippen LogP contribution is -2.16. The topological polar surface area (TPSA) is 111 Å². The summed E-state index contributed by atoms with van der Waals surface area (Å²) in [7, 11) is 0. The minimum Gasteiger partial charge on any atom is -0.508 e. The van der Waals surface area contributed by atoms with Crippen molar-refractivity contribution in [3.8, 4) is 5.75 Å². The SMILES string of the molecule is CC(C)Nc1ccnc(N)c1C(=N)c1cc2cc(O)ccc2[nH]1. The molecule has 1 aromatic carbocycles. The number of hydrogen-bond donors (Lipinski definition) is 5. The first kappa shape index (κ1) is 14.9. The fraction of sp³-hybridized carbons (Fsp3) is 0.176. The third-order valence-corrected chi connectivity index (χ3v) is 3.55. The quantitative estimate of drug-likeness (QED) is 0.477. The summed E-state index contributed by atoms with van der Waals surface area (Å²) in [6, 6.07) is 8.89. The van der Waals surface area contributed by atoms with Crippen LogP contribution in [-0.4, -0.2) is 26.8 Å². The number of nitrogens with zero attached hydrogens (tertiary/aromatic N) is 1. The van der Waals surface area contributed by atoms with Crippen LogP contribution in [0.5, 0.6) is 5.75 Å². The fourth-order valence-corrected chi connectivity index (χ4v) is 2.56. The number of nitrogen functional groups attached to an aromatic ring is 1. The van der Waals surface area contributed by atoms with Crippen LogP contribution in [0.4, 0.5) is 11.5 Å². The van der Waals surface area contributed by atoms with Gasteiger partial charge in [-0.2, -0.15) is 0 Å². The number of aromatic amines is 1. The highest BCUT2D eigenvalue weighted by Crippen LogP contribution is 2.27. The molecule has 6 nitrogen and oxygen atoms in total. The van der Waals surface area contributed by atoms with Gasteiger partial charge >= 0.3 is 0 Å². The Morgan fingerprint density at radius 3 is 2.83 bits per heavy atom. The molecule has 118 valence electrons. The molecular formula is C17H19N5O. The number of nitrogens with two attached hydrogens (primary N) is 1. The van der Waals surface area contributed by atoms with Gasteiger partial charge in [-0.3, -0.25) is 5.41 Å². The van der Waals surface area contributed by atoms with E-state index in [4.69, 9.17) is 11.1 Å². The molecule has 0 aliphatic heterocycles. The van der Waals surface area contributed by atoms with E-state index in [1.54, 1.807) is 24.4 Å². The van der Waals surface area contributed by atoms with Crippen molar-refractivity contribution in [2.24, 2.45) is 0 Å². The molecule has 3 rings (SSSR count). The highest BCUT2D eigenvalue weighted by atomic mass is 16.3. The Morgan fingerprint density at radius 1 is 1.30 bits per heavy atom. The first-order chi connectivity index (χ1) is 11.0. The Hall–Kier alpha value is -3.02. The molecule has 3 aromatic rings. The van der Waals surface area contributed by atoms with E-state index in [-0.39, 0.29) is 17.5 Å². The number of phenols is 1. The number of aromatic hydroxyl groups is 1. The summed E-state index contributed by atoms with van der Waals surface area (Å²) in [5, 5.41) is 22.2. The Kier molecular flexibility index (Phi) is 3.65. The van der Waals surface area contributed by atoms with E-state index in [1.807, 2.05) is 26.0 Å². The van der Waals surface area contributed by atoms with Gasteiger partial charge < -0.3 is 21.1 Å². The minimum absolute atomic E-state index is 0.192. The predicted octanol–water partition coefficient (Wildman–Crippen LogP) is 3.09. The number of anilines is 2. The zero-order valence-electron chi connectivity index (χ0n) is 13.0. The van der Waals surface area contributed by atoms with Gasteiger partial charge in [0, 0.05) is 28.8 Å². The molecule has 0 amide bonds. The van der Waals surface area contributed by atoms with Gasteiger partial charge in [-0.1, -0.05) is 0 Å². The molecule has 0 radical (unpaired) electrons. The summed E-state index contributed by atoms with van der Waals surface area (Å²) in [6.45, 7) is 4.05. The molecule has 0 spiro atoms. The molecule has 0 aliphatic carbocycles. The average molecular weight is 309 g/mol. The number of rotatable bonds is 4. The third kappa shape index (κ3) is 2.83. The smallest absolute Gasteiger partial charge is 0.134 e. The van der Waals surface area contributed by atoms with Crippen LogP contribution >= 0.6 is 0 Å². The molecule has 0 bridgehead atoms. The molecule has 6 heteroatoms. The van der Waals surface area contributed by atoms with Crippen LogP contribution in [0.1, 0.15) is 25.1 Å². The van der Waals surface area contributed by atoms with E-state index < -0.39 is 0 Å². The van der Waals surface area contributed by atoms with Gasteiger partial charge in [0.15, 0.2) is 0 Å². The van der Waals surface area contributed by atoms with Gasteiger partial charge in [0.1, 0.15) is 11.6 Å². The summed E-state index contributed by atoms with van der Waals surface area (Å²) in [5.74, 6) is 0.500. The highest BCUT2D eigenvalue weighted by Gasteiger charge is 2.17. The molecule has 6 N–H and O–H groups in total. The second-order valence-electron chi connectivity index (χ2n) is 5.75. The fourth-order valence-electron chi connectivity index (χ4n) is 2.56. The molecule has 2 aromatic heterocycles. The van der Waals surface area contributed by atoms with Crippen molar-refractivity contribution in [1.82, 2.24) is 9.97 Å². The van der Waals surface area contributed by atoms with E-state index in [0.717, 1.165) is 16.6 Å². The third-order valence-electron chi connectivity index (χ3n) is 3.55. The van der Waals surface area contributed by atoms with Crippen LogP contribution in [0.25, 0.3) is 10.9 Å². The standard InChI is InChI=1S/C17H19N5O/c1-9(2)21-13-5-6-20-17(19)15(13)16(18)14-8-10-7-11(23)3-4-12(10)22-14/h3-9,18,22-23H,1-2H3,(H3,19,20,21). The Balaban J connectivity index is 2.08. The van der Waals surface area contributed by atoms with E-state index in [1.165, 1.54) is 0 Å². The van der Waals surface area contributed by atoms with Gasteiger partial charge in [0.2, 0.25) is 0 Å². The Morgan fingerprint density at radius 2 is 2.09 bits per heavy atom. The van der Waals surface area contributed by atoms with Crippen molar-refractivity contribution >= 4 is 28.1 Å². The Labute approximate surface area is 133 Å². The van der Waals surface area contributed by atoms with Gasteiger partial charge in [-0.25, -0.2) is 4.98 Å². The van der Waals surface area contributed by atoms with Crippen LogP contribution in [-0.2, 0) is 0 Å². The average Bonchev–Trinajstić information content (AvgIpc) is 2.89. The minimum atomic E-state index is 0.192. The van der Waals surface area contributed by atoms with Gasteiger partial charge in [-0.15, -0.1) is 0 Å². The maximum Gasteiger partial charge on any atom is 0.134 e. The van der Waals surface area contributed by atoms with Crippen molar-refractivity contribution in [3.63, 3.8) is 0 Å². The highest BCUT2D eigenvalue weighted by molar-refractivity contribution is 6.17. The molecule has 23 heavy (non-hydrogen) atoms. The second kappa shape index (κ2) is 5.64. The molecule has 0 fully saturated rings. The van der Waals surface area contributed by atoms with Crippen LogP contribution in [0.2, 0.25) is 0 Å². The summed E-state index contributed by atoms with van der Waals surface area (Å²) in [4.78, 5) is 7.29. The van der Waals surface area contributed by atoms with Gasteiger partial charge in [0.25, 0.3) is 0 Å². The van der Waals surface area contributed by atoms with E-state index in [0.29, 0.717) is 17.1 Å². The summed E-state index contributed by atoms with van der Waals surface area (Å²) in [5.41, 5.74) is 9.08. The van der Waals surface area contributed by atoms with Crippen molar-refractivity contribution < 1.29 is 5.11 Å². The van der Waals surface area contributed by atoms with E-state index in [2.05, 4.69) is 15.3 Å². The maximum absolute atomic E-state index is 9.57. The molecule has 0 unspecified atom stereocenters. The zero-order chi connectivity index (χ0) is 16.6. The van der Waals surface area contributed by atoms with E-state index >= 15 is 0 Å². The molecule has 0 saturated carbocycles. The predicted molar refractivity (Wildman–Crippen MR) is 93.3 cm³/mol. The van der Waals surface area contributed by atoms with Crippen molar-refractivity contribution in [3.05, 3.63) is 47.8 Å². The van der Waals surface area contributed by atoms with Crippen molar-refractivity contribution in [1.29, 1.82) is 5.41 Å². The number of H-pyrrole nitrogens is 1. The largest absolute Gasteiger partial charge is 0.508 e. The van der Waals surface area contributed by atoms with Crippen LogP contribution < -0.4 is 11.1 Å². The number of phenolic OH excluding ortho intramolecular Hbond substituents is 1. The molecule has 0 atom stereocenters. The second-order valence-corrected chi connectivity index (χ2v) is 5.75. The molecule has 2 heterocycles. The van der Waals surface area contributed by atoms with Crippen LogP contribution in [0, 0.1) is 5.41 Å². The summed E-state index contributed by atoms with van der Waals surface area (Å²) in [6.07, 6.45) is 1.63. The molecule has 0 aliphatic rings. The van der Waals surface area contributed by atoms with E-state index in [9.17, 15) is 5.11 Å². The molecular weight excluding hydrogens is 290 g/mol. The number of nitrogens with one attached hydrogen (secondary N) is 3. The number of hydrogen-bond acceptors (Lipinski definition) is 5. The molecule has 0 saturated heterocycles. The normalized spacial score (nSPS) is 11.1. The zero-order valence-corrected chi connectivity index (χ0v) is 13.0. The summed E-state index contributed by atoms with van der Waals surface area (Å²) >= 11 is 0. The first-order valence-corrected chi connectivity index (χ1v) is 7.37. The number of fused-ring (bicyclic) bond motifs is 1. The monoisotopic (exact) mass is 309 g/mol. The lowest BCUT2D eigenvalue weighted by molar-refractivity contribution is 0.476. The summed E-state index contributed by atoms with van der Waals surface area (Å²) < 4.78 is 0. The van der Waals surface area contributed by atoms with Crippen molar-refractivity contribution in [2.75, 3.05) is 11.1 Å². The van der Waals surface area contributed by atoms with Gasteiger partial charge in [-0.05, 0) is 44.2 Å². The van der Waals surface area contributed by atoms with Crippen LogP contribution in [0.15, 0.2) is 36.5 Å². The van der Waals surface area contributed by atoms with Crippen molar-refractivity contribution in [2.45, 2.75) is 19.9 Å². The number of aromatic nitrogens is 2. The maximum atomic E-state index is 9.57. The lowest BCUT2D eigenvalue weighted by Gasteiger charge is -2.16. The Bertz CT molecular complexity index is 882. The lowest BCUT2D eigenvalue weighted by atomic mass is 10.1. The number of benzene rings is 1. The number of pyridine rings is 1. The van der Waals surface area contributed by atoms with Crippen LogP contribution in [0.3, 0.4) is 0 Å². The van der Waals surface area contributed by atoms with Gasteiger partial charge in [0.05, 0.1) is 17.0 Å². The first-order valence-electron chi connectivity index (χ1n) is 7.37.